The Morgan fingerprint density at radius 2 is 2.21 bits per heavy atom. The van der Waals surface area contributed by atoms with Gasteiger partial charge in [-0.2, -0.15) is 0 Å². The first-order valence-corrected chi connectivity index (χ1v) is 6.69. The first-order valence-electron chi connectivity index (χ1n) is 5.89. The summed E-state index contributed by atoms with van der Waals surface area (Å²) in [5, 5.41) is 5.49. The number of aromatic nitrogens is 1. The van der Waals surface area contributed by atoms with Crippen LogP contribution < -0.4 is 10.6 Å². The number of hydrogen-bond donors (Lipinski definition) is 2. The molecule has 0 aliphatic carbocycles. The van der Waals surface area contributed by atoms with Crippen LogP contribution in [-0.4, -0.2) is 36.6 Å². The third kappa shape index (κ3) is 6.88. The van der Waals surface area contributed by atoms with Gasteiger partial charge in [-0.15, -0.1) is 0 Å². The Kier molecular flexibility index (Phi) is 7.06. The summed E-state index contributed by atoms with van der Waals surface area (Å²) < 4.78 is 5.61. The van der Waals surface area contributed by atoms with Gasteiger partial charge in [-0.3, -0.25) is 9.59 Å². The van der Waals surface area contributed by atoms with Crippen LogP contribution in [0.15, 0.2) is 22.8 Å². The molecule has 0 bridgehead atoms. The summed E-state index contributed by atoms with van der Waals surface area (Å²) in [6.45, 7) is 2.65. The molecule has 2 N–H and O–H groups in total. The minimum atomic E-state index is -0.273. The molecule has 6 nitrogen and oxygen atoms in total. The SMILES string of the molecule is CCOC(=O)CCNCC(=O)Nc1ccc(Br)cn1. The number of nitrogens with zero attached hydrogens (tertiary/aromatic N) is 1. The highest BCUT2D eigenvalue weighted by molar-refractivity contribution is 9.10. The number of hydrogen-bond acceptors (Lipinski definition) is 5. The number of halogens is 1. The van der Waals surface area contributed by atoms with Crippen molar-refractivity contribution in [2.45, 2.75) is 13.3 Å². The van der Waals surface area contributed by atoms with Crippen LogP contribution in [0.4, 0.5) is 5.82 Å². The van der Waals surface area contributed by atoms with Crippen LogP contribution in [0, 0.1) is 0 Å². The maximum atomic E-state index is 11.5. The van der Waals surface area contributed by atoms with Gasteiger partial charge in [0.15, 0.2) is 0 Å². The summed E-state index contributed by atoms with van der Waals surface area (Å²) in [6, 6.07) is 3.48. The Hall–Kier alpha value is -1.47. The molecule has 0 fully saturated rings. The summed E-state index contributed by atoms with van der Waals surface area (Å²) in [4.78, 5) is 26.6. The van der Waals surface area contributed by atoms with E-state index in [2.05, 4.69) is 31.5 Å². The number of ether oxygens (including phenoxy) is 1. The zero-order valence-electron chi connectivity index (χ0n) is 10.6. The predicted octanol–water partition coefficient (Wildman–Crippen LogP) is 1.33. The fraction of sp³-hybridized carbons (Fsp3) is 0.417. The second kappa shape index (κ2) is 8.60. The molecule has 1 heterocycles. The molecule has 0 unspecified atom stereocenters. The van der Waals surface area contributed by atoms with Gasteiger partial charge in [0.25, 0.3) is 0 Å². The molecule has 0 aliphatic heterocycles. The van der Waals surface area contributed by atoms with Crippen LogP contribution in [0.1, 0.15) is 13.3 Å². The Morgan fingerprint density at radius 3 is 2.84 bits per heavy atom. The van der Waals surface area contributed by atoms with Crippen LogP contribution >= 0.6 is 15.9 Å². The average Bonchev–Trinajstić information content (AvgIpc) is 2.38. The van der Waals surface area contributed by atoms with Crippen molar-refractivity contribution in [3.05, 3.63) is 22.8 Å². The molecular weight excluding hydrogens is 314 g/mol. The number of carbonyl (C=O) groups excluding carboxylic acids is 2. The van der Waals surface area contributed by atoms with Crippen LogP contribution in [0.5, 0.6) is 0 Å². The van der Waals surface area contributed by atoms with Crippen molar-refractivity contribution in [1.82, 2.24) is 10.3 Å². The molecule has 1 rings (SSSR count). The molecule has 1 aromatic heterocycles. The summed E-state index contributed by atoms with van der Waals surface area (Å²) in [5.74, 6) is 0.00376. The number of esters is 1. The Balaban J connectivity index is 2.18. The Morgan fingerprint density at radius 1 is 1.42 bits per heavy atom. The normalized spacial score (nSPS) is 10.0. The summed E-state index contributed by atoms with van der Waals surface area (Å²) in [5.41, 5.74) is 0. The summed E-state index contributed by atoms with van der Waals surface area (Å²) >= 11 is 3.26. The van der Waals surface area contributed by atoms with E-state index in [0.717, 1.165) is 4.47 Å². The van der Waals surface area contributed by atoms with Gasteiger partial charge < -0.3 is 15.4 Å². The van der Waals surface area contributed by atoms with E-state index in [4.69, 9.17) is 4.74 Å². The van der Waals surface area contributed by atoms with E-state index >= 15 is 0 Å². The van der Waals surface area contributed by atoms with E-state index in [9.17, 15) is 9.59 Å². The van der Waals surface area contributed by atoms with E-state index < -0.39 is 0 Å². The maximum Gasteiger partial charge on any atom is 0.307 e. The van der Waals surface area contributed by atoms with Crippen molar-refractivity contribution in [3.8, 4) is 0 Å². The monoisotopic (exact) mass is 329 g/mol. The summed E-state index contributed by atoms with van der Waals surface area (Å²) in [6.07, 6.45) is 1.85. The molecule has 19 heavy (non-hydrogen) atoms. The fourth-order valence-electron chi connectivity index (χ4n) is 1.26. The third-order valence-corrected chi connectivity index (χ3v) is 2.56. The van der Waals surface area contributed by atoms with Crippen molar-refractivity contribution in [2.24, 2.45) is 0 Å². The molecule has 0 spiro atoms. The lowest BCUT2D eigenvalue weighted by Gasteiger charge is -2.06. The molecule has 0 aliphatic rings. The molecule has 1 aromatic rings. The standard InChI is InChI=1S/C12H16BrN3O3/c1-2-19-12(18)5-6-14-8-11(17)16-10-4-3-9(13)7-15-10/h3-4,7,14H,2,5-6,8H2,1H3,(H,15,16,17). The van der Waals surface area contributed by atoms with Gasteiger partial charge in [-0.1, -0.05) is 0 Å². The molecule has 1 amide bonds. The van der Waals surface area contributed by atoms with E-state index in [1.54, 1.807) is 25.3 Å². The second-order valence-electron chi connectivity index (χ2n) is 3.64. The van der Waals surface area contributed by atoms with Gasteiger partial charge in [0.05, 0.1) is 19.6 Å². The molecule has 0 radical (unpaired) electrons. The van der Waals surface area contributed by atoms with Crippen molar-refractivity contribution in [3.63, 3.8) is 0 Å². The van der Waals surface area contributed by atoms with Crippen LogP contribution in [0.2, 0.25) is 0 Å². The number of carbonyl (C=O) groups is 2. The van der Waals surface area contributed by atoms with Gasteiger partial charge in [0.2, 0.25) is 5.91 Å². The first-order chi connectivity index (χ1) is 9.11. The minimum absolute atomic E-state index is 0.122. The van der Waals surface area contributed by atoms with E-state index in [1.165, 1.54) is 0 Å². The fourth-order valence-corrected chi connectivity index (χ4v) is 1.50. The van der Waals surface area contributed by atoms with E-state index in [-0.39, 0.29) is 24.8 Å². The number of nitrogens with one attached hydrogen (secondary N) is 2. The first kappa shape index (κ1) is 15.6. The maximum absolute atomic E-state index is 11.5. The van der Waals surface area contributed by atoms with Gasteiger partial charge in [-0.25, -0.2) is 4.98 Å². The van der Waals surface area contributed by atoms with Gasteiger partial charge >= 0.3 is 5.97 Å². The average molecular weight is 330 g/mol. The molecule has 0 atom stereocenters. The molecule has 104 valence electrons. The highest BCUT2D eigenvalue weighted by atomic mass is 79.9. The highest BCUT2D eigenvalue weighted by Crippen LogP contribution is 2.09. The minimum Gasteiger partial charge on any atom is -0.466 e. The highest BCUT2D eigenvalue weighted by Gasteiger charge is 2.04. The zero-order valence-corrected chi connectivity index (χ0v) is 12.2. The smallest absolute Gasteiger partial charge is 0.307 e. The van der Waals surface area contributed by atoms with Gasteiger partial charge in [0.1, 0.15) is 5.82 Å². The molecule has 0 aromatic carbocycles. The lowest BCUT2D eigenvalue weighted by Crippen LogP contribution is -2.30. The van der Waals surface area contributed by atoms with Crippen molar-refractivity contribution >= 4 is 33.6 Å². The molecule has 7 heteroatoms. The lowest BCUT2D eigenvalue weighted by molar-refractivity contribution is -0.143. The van der Waals surface area contributed by atoms with Crippen LogP contribution in [0.3, 0.4) is 0 Å². The van der Waals surface area contributed by atoms with Crippen molar-refractivity contribution < 1.29 is 14.3 Å². The summed E-state index contributed by atoms with van der Waals surface area (Å²) in [7, 11) is 0. The third-order valence-electron chi connectivity index (χ3n) is 2.09. The van der Waals surface area contributed by atoms with E-state index in [0.29, 0.717) is 19.0 Å². The second-order valence-corrected chi connectivity index (χ2v) is 4.56. The number of rotatable bonds is 7. The quantitative estimate of drug-likeness (QED) is 0.582. The topological polar surface area (TPSA) is 80.3 Å². The molecular formula is C12H16BrN3O3. The largest absolute Gasteiger partial charge is 0.466 e. The van der Waals surface area contributed by atoms with Crippen LogP contribution in [0.25, 0.3) is 0 Å². The van der Waals surface area contributed by atoms with Gasteiger partial charge in [0, 0.05) is 17.2 Å². The van der Waals surface area contributed by atoms with E-state index in [1.807, 2.05) is 0 Å². The number of amides is 1. The van der Waals surface area contributed by atoms with Crippen molar-refractivity contribution in [2.75, 3.05) is 25.0 Å². The van der Waals surface area contributed by atoms with Crippen molar-refractivity contribution in [1.29, 1.82) is 0 Å². The number of pyridine rings is 1. The lowest BCUT2D eigenvalue weighted by atomic mass is 10.4. The molecule has 0 saturated carbocycles. The molecule has 0 saturated heterocycles. The number of anilines is 1. The van der Waals surface area contributed by atoms with Gasteiger partial charge in [-0.05, 0) is 35.0 Å². The predicted molar refractivity (Wildman–Crippen MR) is 74.7 cm³/mol. The zero-order chi connectivity index (χ0) is 14.1. The Labute approximate surface area is 120 Å². The Bertz CT molecular complexity index is 423. The van der Waals surface area contributed by atoms with Crippen LogP contribution in [-0.2, 0) is 14.3 Å².